The molecule has 0 unspecified atom stereocenters. The molecule has 1 atom stereocenters. The second kappa shape index (κ2) is 5.07. The Balaban J connectivity index is 2.29. The Kier molecular flexibility index (Phi) is 3.51. The topological polar surface area (TPSA) is 77.0 Å². The number of pyridine rings is 1. The Labute approximate surface area is 99.9 Å². The van der Waals surface area contributed by atoms with Crippen LogP contribution in [-0.4, -0.2) is 26.5 Å². The zero-order chi connectivity index (χ0) is 12.3. The number of aromatic nitrogens is 3. The predicted molar refractivity (Wildman–Crippen MR) is 65.1 cm³/mol. The summed E-state index contributed by atoms with van der Waals surface area (Å²) >= 11 is 0. The van der Waals surface area contributed by atoms with Crippen LogP contribution in [0.15, 0.2) is 30.6 Å². The molecule has 0 aliphatic rings. The van der Waals surface area contributed by atoms with Gasteiger partial charge in [-0.2, -0.15) is 5.10 Å². The van der Waals surface area contributed by atoms with Crippen LogP contribution < -0.4 is 5.73 Å². The SMILES string of the molecule is CCn1nccc1-c1ccc([C@@H](N)CO)nc1. The normalized spacial score (nSPS) is 12.6. The monoisotopic (exact) mass is 232 g/mol. The summed E-state index contributed by atoms with van der Waals surface area (Å²) in [5, 5.41) is 13.2. The number of aliphatic hydroxyl groups excluding tert-OH is 1. The summed E-state index contributed by atoms with van der Waals surface area (Å²) < 4.78 is 1.91. The van der Waals surface area contributed by atoms with E-state index < -0.39 is 6.04 Å². The lowest BCUT2D eigenvalue weighted by Crippen LogP contribution is -2.15. The molecule has 0 aliphatic heterocycles. The van der Waals surface area contributed by atoms with Crippen molar-refractivity contribution in [3.05, 3.63) is 36.3 Å². The quantitative estimate of drug-likeness (QED) is 0.823. The third kappa shape index (κ3) is 2.35. The van der Waals surface area contributed by atoms with Gasteiger partial charge in [0.25, 0.3) is 0 Å². The average Bonchev–Trinajstić information content (AvgIpc) is 2.86. The molecule has 0 aromatic carbocycles. The van der Waals surface area contributed by atoms with E-state index in [0.29, 0.717) is 5.69 Å². The number of hydrogen-bond donors (Lipinski definition) is 2. The van der Waals surface area contributed by atoms with Crippen LogP contribution in [0.5, 0.6) is 0 Å². The van der Waals surface area contributed by atoms with Crippen LogP contribution in [0.2, 0.25) is 0 Å². The van der Waals surface area contributed by atoms with Crippen molar-refractivity contribution in [3.8, 4) is 11.3 Å². The van der Waals surface area contributed by atoms with E-state index in [9.17, 15) is 0 Å². The van der Waals surface area contributed by atoms with Crippen molar-refractivity contribution in [2.45, 2.75) is 19.5 Å². The minimum Gasteiger partial charge on any atom is -0.394 e. The largest absolute Gasteiger partial charge is 0.394 e. The Hall–Kier alpha value is -1.72. The average molecular weight is 232 g/mol. The molecule has 0 saturated heterocycles. The highest BCUT2D eigenvalue weighted by Gasteiger charge is 2.08. The van der Waals surface area contributed by atoms with E-state index in [1.54, 1.807) is 12.4 Å². The van der Waals surface area contributed by atoms with Gasteiger partial charge in [0.15, 0.2) is 0 Å². The fraction of sp³-hybridized carbons (Fsp3) is 0.333. The Morgan fingerprint density at radius 2 is 2.24 bits per heavy atom. The van der Waals surface area contributed by atoms with Gasteiger partial charge < -0.3 is 10.8 Å². The number of aryl methyl sites for hydroxylation is 1. The molecule has 0 aliphatic carbocycles. The van der Waals surface area contributed by atoms with Crippen molar-refractivity contribution in [2.24, 2.45) is 5.73 Å². The van der Waals surface area contributed by atoms with Gasteiger partial charge in [0.1, 0.15) is 0 Å². The van der Waals surface area contributed by atoms with Crippen molar-refractivity contribution >= 4 is 0 Å². The van der Waals surface area contributed by atoms with Gasteiger partial charge in [0, 0.05) is 24.5 Å². The van der Waals surface area contributed by atoms with Crippen LogP contribution in [0.4, 0.5) is 0 Å². The van der Waals surface area contributed by atoms with E-state index in [2.05, 4.69) is 10.1 Å². The highest BCUT2D eigenvalue weighted by molar-refractivity contribution is 5.58. The summed E-state index contributed by atoms with van der Waals surface area (Å²) in [6.45, 7) is 2.76. The molecule has 17 heavy (non-hydrogen) atoms. The molecule has 3 N–H and O–H groups in total. The fourth-order valence-electron chi connectivity index (χ4n) is 1.70. The minimum atomic E-state index is -0.417. The van der Waals surface area contributed by atoms with Crippen molar-refractivity contribution < 1.29 is 5.11 Å². The summed E-state index contributed by atoms with van der Waals surface area (Å²) in [6, 6.07) is 5.32. The highest BCUT2D eigenvalue weighted by Crippen LogP contribution is 2.19. The maximum Gasteiger partial charge on any atom is 0.0704 e. The van der Waals surface area contributed by atoms with Crippen LogP contribution in [0.1, 0.15) is 18.7 Å². The molecule has 2 rings (SSSR count). The maximum atomic E-state index is 8.94. The zero-order valence-corrected chi connectivity index (χ0v) is 9.74. The van der Waals surface area contributed by atoms with E-state index in [0.717, 1.165) is 17.8 Å². The predicted octanol–water partition coefficient (Wildman–Crippen LogP) is 0.957. The van der Waals surface area contributed by atoms with Crippen molar-refractivity contribution in [3.63, 3.8) is 0 Å². The summed E-state index contributed by atoms with van der Waals surface area (Å²) in [6.07, 6.45) is 3.53. The molecular weight excluding hydrogens is 216 g/mol. The zero-order valence-electron chi connectivity index (χ0n) is 9.74. The number of rotatable bonds is 4. The smallest absolute Gasteiger partial charge is 0.0704 e. The molecule has 0 bridgehead atoms. The van der Waals surface area contributed by atoms with Crippen molar-refractivity contribution in [1.82, 2.24) is 14.8 Å². The van der Waals surface area contributed by atoms with Gasteiger partial charge in [-0.25, -0.2) is 0 Å². The van der Waals surface area contributed by atoms with Gasteiger partial charge in [-0.15, -0.1) is 0 Å². The van der Waals surface area contributed by atoms with E-state index in [-0.39, 0.29) is 6.61 Å². The second-order valence-corrected chi connectivity index (χ2v) is 3.79. The van der Waals surface area contributed by atoms with Crippen LogP contribution in [0.25, 0.3) is 11.3 Å². The van der Waals surface area contributed by atoms with Crippen LogP contribution in [0.3, 0.4) is 0 Å². The summed E-state index contributed by atoms with van der Waals surface area (Å²) in [5.41, 5.74) is 8.41. The first kappa shape index (κ1) is 11.8. The lowest BCUT2D eigenvalue weighted by atomic mass is 10.1. The molecule has 5 heteroatoms. The van der Waals surface area contributed by atoms with E-state index in [4.69, 9.17) is 10.8 Å². The van der Waals surface area contributed by atoms with Gasteiger partial charge in [-0.3, -0.25) is 9.67 Å². The molecule has 0 spiro atoms. The summed E-state index contributed by atoms with van der Waals surface area (Å²) in [4.78, 5) is 4.25. The summed E-state index contributed by atoms with van der Waals surface area (Å²) in [5.74, 6) is 0. The van der Waals surface area contributed by atoms with E-state index >= 15 is 0 Å². The third-order valence-corrected chi connectivity index (χ3v) is 2.67. The van der Waals surface area contributed by atoms with Crippen molar-refractivity contribution in [2.75, 3.05) is 6.61 Å². The standard InChI is InChI=1S/C12H16N4O/c1-2-16-12(5-6-15-16)9-3-4-11(14-7-9)10(13)8-17/h3-7,10,17H,2,8,13H2,1H3/t10-/m0/s1. The van der Waals surface area contributed by atoms with Crippen LogP contribution in [-0.2, 0) is 6.54 Å². The van der Waals surface area contributed by atoms with Gasteiger partial charge in [-0.1, -0.05) is 0 Å². The van der Waals surface area contributed by atoms with Gasteiger partial charge >= 0.3 is 0 Å². The molecular formula is C12H16N4O. The Bertz CT molecular complexity index is 478. The fourth-order valence-corrected chi connectivity index (χ4v) is 1.70. The maximum absolute atomic E-state index is 8.94. The van der Waals surface area contributed by atoms with Gasteiger partial charge in [-0.05, 0) is 25.1 Å². The number of hydrogen-bond acceptors (Lipinski definition) is 4. The number of nitrogens with two attached hydrogens (primary N) is 1. The first-order valence-corrected chi connectivity index (χ1v) is 5.60. The lowest BCUT2D eigenvalue weighted by Gasteiger charge is -2.09. The molecule has 2 aromatic rings. The lowest BCUT2D eigenvalue weighted by molar-refractivity contribution is 0.266. The molecule has 5 nitrogen and oxygen atoms in total. The molecule has 2 aromatic heterocycles. The molecule has 2 heterocycles. The minimum absolute atomic E-state index is 0.0980. The third-order valence-electron chi connectivity index (χ3n) is 2.67. The number of nitrogens with zero attached hydrogens (tertiary/aromatic N) is 3. The van der Waals surface area contributed by atoms with Gasteiger partial charge in [0.05, 0.1) is 24.0 Å². The molecule has 0 fully saturated rings. The van der Waals surface area contributed by atoms with E-state index in [1.165, 1.54) is 0 Å². The highest BCUT2D eigenvalue weighted by atomic mass is 16.3. The molecule has 0 amide bonds. The first-order chi connectivity index (χ1) is 8.26. The number of aliphatic hydroxyl groups is 1. The molecule has 0 radical (unpaired) electrons. The van der Waals surface area contributed by atoms with Crippen molar-refractivity contribution in [1.29, 1.82) is 0 Å². The molecule has 90 valence electrons. The Morgan fingerprint density at radius 1 is 1.41 bits per heavy atom. The first-order valence-electron chi connectivity index (χ1n) is 5.60. The molecule has 0 saturated carbocycles. The van der Waals surface area contributed by atoms with Gasteiger partial charge in [0.2, 0.25) is 0 Å². The van der Waals surface area contributed by atoms with E-state index in [1.807, 2.05) is 29.8 Å². The Morgan fingerprint density at radius 3 is 2.82 bits per heavy atom. The summed E-state index contributed by atoms with van der Waals surface area (Å²) in [7, 11) is 0. The van der Waals surface area contributed by atoms with Crippen LogP contribution >= 0.6 is 0 Å². The van der Waals surface area contributed by atoms with Crippen LogP contribution in [0, 0.1) is 0 Å². The second-order valence-electron chi connectivity index (χ2n) is 3.79.